The maximum Gasteiger partial charge on any atom is 0.326 e. The molecule has 0 saturated heterocycles. The molecule has 0 aliphatic rings. The van der Waals surface area contributed by atoms with Crippen molar-refractivity contribution in [2.45, 2.75) is 38.5 Å². The molecule has 0 aliphatic carbocycles. The van der Waals surface area contributed by atoms with Gasteiger partial charge in [-0.05, 0) is 19.4 Å². The average Bonchev–Trinajstić information content (AvgIpc) is 2.42. The Morgan fingerprint density at radius 2 is 1.95 bits per heavy atom. The molecule has 0 fully saturated rings. The Kier molecular flexibility index (Phi) is 5.48. The third-order valence-corrected chi connectivity index (χ3v) is 3.24. The Bertz CT molecular complexity index is 451. The highest BCUT2D eigenvalue weighted by Gasteiger charge is 2.33. The van der Waals surface area contributed by atoms with Gasteiger partial charge in [-0.25, -0.2) is 0 Å². The van der Waals surface area contributed by atoms with Crippen molar-refractivity contribution in [3.05, 3.63) is 48.6 Å². The minimum Gasteiger partial charge on any atom is -0.456 e. The summed E-state index contributed by atoms with van der Waals surface area (Å²) in [5.74, 6) is -0.685. The van der Waals surface area contributed by atoms with Gasteiger partial charge in [0.15, 0.2) is 0 Å². The van der Waals surface area contributed by atoms with Crippen LogP contribution in [0.15, 0.2) is 43.0 Å². The van der Waals surface area contributed by atoms with E-state index in [0.717, 1.165) is 5.56 Å². The molecule has 1 aromatic rings. The summed E-state index contributed by atoms with van der Waals surface area (Å²) < 4.78 is 5.48. The van der Waals surface area contributed by atoms with E-state index in [1.807, 2.05) is 37.3 Å². The lowest BCUT2D eigenvalue weighted by atomic mass is 9.96. The highest BCUT2D eigenvalue weighted by atomic mass is 16.5. The molecule has 0 aliphatic heterocycles. The summed E-state index contributed by atoms with van der Waals surface area (Å²) in [4.78, 5) is 12.1. The molecule has 3 atom stereocenters. The third kappa shape index (κ3) is 4.18. The number of carbonyl (C=O) groups is 1. The van der Waals surface area contributed by atoms with Gasteiger partial charge in [-0.1, -0.05) is 43.3 Å². The van der Waals surface area contributed by atoms with E-state index in [2.05, 4.69) is 6.58 Å². The first-order valence-corrected chi connectivity index (χ1v) is 6.63. The van der Waals surface area contributed by atoms with Crippen LogP contribution in [0.25, 0.3) is 0 Å². The fraction of sp³-hybridized carbons (Fsp3) is 0.438. The van der Waals surface area contributed by atoms with E-state index in [1.165, 1.54) is 13.8 Å². The molecule has 0 amide bonds. The van der Waals surface area contributed by atoms with Crippen LogP contribution in [0.1, 0.15) is 32.4 Å². The minimum atomic E-state index is -1.32. The normalized spacial score (nSPS) is 16.1. The van der Waals surface area contributed by atoms with Gasteiger partial charge >= 0.3 is 5.97 Å². The molecule has 0 saturated carbocycles. The Morgan fingerprint density at radius 3 is 2.40 bits per heavy atom. The first-order chi connectivity index (χ1) is 9.27. The van der Waals surface area contributed by atoms with E-state index >= 15 is 0 Å². The van der Waals surface area contributed by atoms with Gasteiger partial charge < -0.3 is 15.6 Å². The number of benzene rings is 1. The van der Waals surface area contributed by atoms with Crippen LogP contribution in [0.3, 0.4) is 0 Å². The average molecular weight is 277 g/mol. The zero-order valence-electron chi connectivity index (χ0n) is 12.2. The Balaban J connectivity index is 2.92. The molecule has 3 N–H and O–H groups in total. The summed E-state index contributed by atoms with van der Waals surface area (Å²) in [6, 6.07) is 8.32. The molecule has 1 aromatic carbocycles. The van der Waals surface area contributed by atoms with Crippen molar-refractivity contribution in [1.29, 1.82) is 0 Å². The van der Waals surface area contributed by atoms with Crippen molar-refractivity contribution in [2.75, 3.05) is 0 Å². The van der Waals surface area contributed by atoms with E-state index in [4.69, 9.17) is 10.5 Å². The number of hydrogen-bond acceptors (Lipinski definition) is 4. The van der Waals surface area contributed by atoms with Crippen LogP contribution in [0.4, 0.5) is 0 Å². The minimum absolute atomic E-state index is 0.0599. The lowest BCUT2D eigenvalue weighted by Crippen LogP contribution is -2.50. The SMILES string of the molecule is C=C[C@@H](C)[C@H](OC(=O)[C@@H](N)C(C)(C)O)c1ccccc1. The molecule has 0 radical (unpaired) electrons. The van der Waals surface area contributed by atoms with E-state index < -0.39 is 23.7 Å². The topological polar surface area (TPSA) is 72.5 Å². The van der Waals surface area contributed by atoms with Crippen molar-refractivity contribution in [3.63, 3.8) is 0 Å². The van der Waals surface area contributed by atoms with Gasteiger partial charge in [0.1, 0.15) is 12.1 Å². The highest BCUT2D eigenvalue weighted by molar-refractivity contribution is 5.77. The third-order valence-electron chi connectivity index (χ3n) is 3.24. The van der Waals surface area contributed by atoms with Crippen LogP contribution < -0.4 is 5.73 Å². The first-order valence-electron chi connectivity index (χ1n) is 6.63. The zero-order valence-corrected chi connectivity index (χ0v) is 12.2. The molecule has 0 aromatic heterocycles. The second-order valence-corrected chi connectivity index (χ2v) is 5.49. The number of rotatable bonds is 6. The van der Waals surface area contributed by atoms with Gasteiger partial charge in [-0.15, -0.1) is 6.58 Å². The van der Waals surface area contributed by atoms with Crippen LogP contribution in [0.2, 0.25) is 0 Å². The van der Waals surface area contributed by atoms with E-state index in [9.17, 15) is 9.90 Å². The number of aliphatic hydroxyl groups is 1. The van der Waals surface area contributed by atoms with Gasteiger partial charge in [0.2, 0.25) is 0 Å². The molecule has 0 spiro atoms. The van der Waals surface area contributed by atoms with E-state index in [1.54, 1.807) is 6.08 Å². The molecule has 4 heteroatoms. The van der Waals surface area contributed by atoms with Crippen molar-refractivity contribution in [2.24, 2.45) is 11.7 Å². The summed E-state index contributed by atoms with van der Waals surface area (Å²) in [6.45, 7) is 8.61. The van der Waals surface area contributed by atoms with Crippen LogP contribution in [-0.4, -0.2) is 22.7 Å². The summed E-state index contributed by atoms with van der Waals surface area (Å²) >= 11 is 0. The molecule has 0 heterocycles. The Hall–Kier alpha value is -1.65. The Labute approximate surface area is 120 Å². The number of esters is 1. The van der Waals surface area contributed by atoms with E-state index in [-0.39, 0.29) is 5.92 Å². The lowest BCUT2D eigenvalue weighted by Gasteiger charge is -2.28. The largest absolute Gasteiger partial charge is 0.456 e. The predicted octanol–water partition coefficient (Wildman–Crippen LogP) is 2.19. The standard InChI is InChI=1S/C16H23NO3/c1-5-11(2)13(12-9-7-6-8-10-12)20-15(18)14(17)16(3,4)19/h5-11,13-14,19H,1,17H2,2-4H3/t11-,13+,14-/m1/s1. The molecule has 20 heavy (non-hydrogen) atoms. The number of nitrogens with two attached hydrogens (primary N) is 1. The monoisotopic (exact) mass is 277 g/mol. The van der Waals surface area contributed by atoms with Crippen molar-refractivity contribution >= 4 is 5.97 Å². The number of hydrogen-bond donors (Lipinski definition) is 2. The second kappa shape index (κ2) is 6.68. The maximum atomic E-state index is 12.1. The van der Waals surface area contributed by atoms with Gasteiger partial charge in [0, 0.05) is 5.92 Å². The van der Waals surface area contributed by atoms with Crippen LogP contribution in [0.5, 0.6) is 0 Å². The van der Waals surface area contributed by atoms with Gasteiger partial charge in [0.05, 0.1) is 5.60 Å². The summed E-state index contributed by atoms with van der Waals surface area (Å²) in [7, 11) is 0. The fourth-order valence-corrected chi connectivity index (χ4v) is 1.73. The fourth-order valence-electron chi connectivity index (χ4n) is 1.73. The van der Waals surface area contributed by atoms with E-state index in [0.29, 0.717) is 0 Å². The first kappa shape index (κ1) is 16.4. The zero-order chi connectivity index (χ0) is 15.3. The van der Waals surface area contributed by atoms with Crippen LogP contribution in [0, 0.1) is 5.92 Å². The number of carbonyl (C=O) groups excluding carboxylic acids is 1. The summed E-state index contributed by atoms with van der Waals surface area (Å²) in [5.41, 5.74) is 5.26. The molecular weight excluding hydrogens is 254 g/mol. The van der Waals surface area contributed by atoms with Crippen molar-refractivity contribution in [3.8, 4) is 0 Å². The van der Waals surface area contributed by atoms with Crippen molar-refractivity contribution < 1.29 is 14.6 Å². The lowest BCUT2D eigenvalue weighted by molar-refractivity contribution is -0.158. The number of ether oxygens (including phenoxy) is 1. The van der Waals surface area contributed by atoms with Gasteiger partial charge in [-0.3, -0.25) is 4.79 Å². The van der Waals surface area contributed by atoms with Crippen LogP contribution in [-0.2, 0) is 9.53 Å². The quantitative estimate of drug-likeness (QED) is 0.617. The summed E-state index contributed by atoms with van der Waals surface area (Å²) in [5, 5.41) is 9.79. The predicted molar refractivity (Wildman–Crippen MR) is 78.9 cm³/mol. The maximum absolute atomic E-state index is 12.1. The Morgan fingerprint density at radius 1 is 1.40 bits per heavy atom. The van der Waals surface area contributed by atoms with Crippen LogP contribution >= 0.6 is 0 Å². The molecular formula is C16H23NO3. The molecule has 110 valence electrons. The smallest absolute Gasteiger partial charge is 0.326 e. The second-order valence-electron chi connectivity index (χ2n) is 5.49. The summed E-state index contributed by atoms with van der Waals surface area (Å²) in [6.07, 6.45) is 1.26. The van der Waals surface area contributed by atoms with Gasteiger partial charge in [-0.2, -0.15) is 0 Å². The molecule has 4 nitrogen and oxygen atoms in total. The molecule has 1 rings (SSSR count). The molecule has 0 bridgehead atoms. The van der Waals surface area contributed by atoms with Gasteiger partial charge in [0.25, 0.3) is 0 Å². The molecule has 0 unspecified atom stereocenters. The highest BCUT2D eigenvalue weighted by Crippen LogP contribution is 2.27. The van der Waals surface area contributed by atoms with Crippen molar-refractivity contribution in [1.82, 2.24) is 0 Å².